The number of aliphatic carboxylic acids is 1. The maximum atomic E-state index is 13.4. The van der Waals surface area contributed by atoms with Gasteiger partial charge in [0, 0.05) is 11.6 Å². The number of sulfonamides is 1. The summed E-state index contributed by atoms with van der Waals surface area (Å²) in [6.45, 7) is 0.722. The molecule has 9 nitrogen and oxygen atoms in total. The first-order valence-electron chi connectivity index (χ1n) is 9.37. The average Bonchev–Trinajstić information content (AvgIpc) is 3.11. The summed E-state index contributed by atoms with van der Waals surface area (Å²) in [6.07, 6.45) is 0.0515. The van der Waals surface area contributed by atoms with E-state index in [2.05, 4.69) is 4.74 Å². The van der Waals surface area contributed by atoms with E-state index < -0.39 is 46.5 Å². The van der Waals surface area contributed by atoms with Gasteiger partial charge in [0.05, 0.1) is 12.0 Å². The molecule has 166 valence electrons. The summed E-state index contributed by atoms with van der Waals surface area (Å²) in [5.41, 5.74) is 0. The van der Waals surface area contributed by atoms with E-state index in [4.69, 9.17) is 11.6 Å². The summed E-state index contributed by atoms with van der Waals surface area (Å²) in [6, 6.07) is 7.02. The topological polar surface area (TPSA) is 121 Å². The number of esters is 1. The summed E-state index contributed by atoms with van der Waals surface area (Å²) in [5, 5.41) is 11.1. The van der Waals surface area contributed by atoms with Crippen LogP contribution in [-0.4, -0.2) is 72.9 Å². The molecule has 1 saturated heterocycles. The highest BCUT2D eigenvalue weighted by Crippen LogP contribution is 2.29. The minimum Gasteiger partial charge on any atom is -0.480 e. The number of likely N-dealkylation sites (tertiary alicyclic amines) is 1. The Morgan fingerprint density at radius 2 is 1.90 bits per heavy atom. The second-order valence-electron chi connectivity index (χ2n) is 7.13. The van der Waals surface area contributed by atoms with E-state index in [1.165, 1.54) is 19.1 Å². The number of hydrogen-bond donors (Lipinski definition) is 1. The van der Waals surface area contributed by atoms with Gasteiger partial charge in [-0.15, -0.1) is 0 Å². The van der Waals surface area contributed by atoms with Gasteiger partial charge in [0.1, 0.15) is 18.6 Å². The zero-order chi connectivity index (χ0) is 22.9. The third-order valence-corrected chi connectivity index (χ3v) is 7.36. The Labute approximate surface area is 184 Å². The van der Waals surface area contributed by atoms with E-state index in [-0.39, 0.29) is 17.9 Å². The van der Waals surface area contributed by atoms with Gasteiger partial charge in [-0.25, -0.2) is 13.2 Å². The van der Waals surface area contributed by atoms with Gasteiger partial charge < -0.3 is 14.7 Å². The largest absolute Gasteiger partial charge is 0.480 e. The molecule has 0 radical (unpaired) electrons. The van der Waals surface area contributed by atoms with Crippen molar-refractivity contribution in [2.24, 2.45) is 0 Å². The van der Waals surface area contributed by atoms with Crippen molar-refractivity contribution < 1.29 is 32.6 Å². The van der Waals surface area contributed by atoms with Crippen LogP contribution < -0.4 is 0 Å². The van der Waals surface area contributed by atoms with E-state index in [1.807, 2.05) is 0 Å². The lowest BCUT2D eigenvalue weighted by Crippen LogP contribution is -2.49. The van der Waals surface area contributed by atoms with Crippen molar-refractivity contribution in [1.29, 1.82) is 0 Å². The van der Waals surface area contributed by atoms with Crippen LogP contribution in [0.2, 0.25) is 5.02 Å². The molecule has 0 saturated carbocycles. The first kappa shape index (κ1) is 23.0. The lowest BCUT2D eigenvalue weighted by molar-refractivity contribution is -0.149. The Morgan fingerprint density at radius 1 is 1.26 bits per heavy atom. The first-order valence-corrected chi connectivity index (χ1v) is 11.2. The van der Waals surface area contributed by atoms with Gasteiger partial charge in [0.25, 0.3) is 0 Å². The van der Waals surface area contributed by atoms with Gasteiger partial charge in [-0.3, -0.25) is 9.59 Å². The maximum Gasteiger partial charge on any atom is 0.326 e. The monoisotopic (exact) mass is 468 g/mol. The maximum absolute atomic E-state index is 13.4. The molecule has 2 aromatic rings. The molecule has 0 bridgehead atoms. The number of carbonyl (C=O) groups excluding carboxylic acids is 2. The summed E-state index contributed by atoms with van der Waals surface area (Å²) in [5.74, 6) is -2.71. The lowest BCUT2D eigenvalue weighted by atomic mass is 10.1. The Balaban J connectivity index is 2.02. The van der Waals surface area contributed by atoms with Crippen molar-refractivity contribution in [3.05, 3.63) is 41.4 Å². The quantitative estimate of drug-likeness (QED) is 0.614. The number of methoxy groups -OCH3 is 1. The summed E-state index contributed by atoms with van der Waals surface area (Å²) < 4.78 is 32.3. The number of halogens is 1. The van der Waals surface area contributed by atoms with Crippen molar-refractivity contribution in [2.45, 2.75) is 30.3 Å². The van der Waals surface area contributed by atoms with Gasteiger partial charge in [0.2, 0.25) is 15.9 Å². The molecule has 1 fully saturated rings. The minimum atomic E-state index is -4.29. The molecule has 31 heavy (non-hydrogen) atoms. The number of carbonyl (C=O) groups is 3. The highest BCUT2D eigenvalue weighted by atomic mass is 35.5. The predicted molar refractivity (Wildman–Crippen MR) is 112 cm³/mol. The second kappa shape index (κ2) is 8.81. The van der Waals surface area contributed by atoms with Crippen LogP contribution in [0.4, 0.5) is 0 Å². The Morgan fingerprint density at radius 3 is 2.55 bits per heavy atom. The van der Waals surface area contributed by atoms with Crippen molar-refractivity contribution in [1.82, 2.24) is 9.21 Å². The number of benzene rings is 2. The summed E-state index contributed by atoms with van der Waals surface area (Å²) >= 11 is 5.97. The van der Waals surface area contributed by atoms with Crippen molar-refractivity contribution in [3.8, 4) is 0 Å². The van der Waals surface area contributed by atoms with Crippen LogP contribution in [0, 0.1) is 0 Å². The zero-order valence-electron chi connectivity index (χ0n) is 16.8. The van der Waals surface area contributed by atoms with Crippen LogP contribution in [0.25, 0.3) is 10.8 Å². The molecule has 1 amide bonds. The fraction of sp³-hybridized carbons (Fsp3) is 0.350. The number of carboxylic acid groups (broad SMARTS) is 1. The SMILES string of the molecule is COC(=O)CN([C@H]1CCN([C@@H](C)C(=O)O)C1=O)S(=O)(=O)c1ccc2cc(Cl)ccc2c1. The van der Waals surface area contributed by atoms with E-state index in [1.54, 1.807) is 24.3 Å². The van der Waals surface area contributed by atoms with Crippen molar-refractivity contribution >= 4 is 50.2 Å². The number of hydrogen-bond acceptors (Lipinski definition) is 6. The first-order chi connectivity index (χ1) is 14.6. The molecule has 2 aromatic carbocycles. The molecule has 0 aromatic heterocycles. The van der Waals surface area contributed by atoms with Gasteiger partial charge >= 0.3 is 11.9 Å². The summed E-state index contributed by atoms with van der Waals surface area (Å²) in [7, 11) is -3.18. The molecule has 3 rings (SSSR count). The molecule has 1 N–H and O–H groups in total. The predicted octanol–water partition coefficient (Wildman–Crippen LogP) is 1.73. The number of amides is 1. The molecule has 0 unspecified atom stereocenters. The van der Waals surface area contributed by atoms with E-state index in [0.717, 1.165) is 21.7 Å². The minimum absolute atomic E-state index is 0.0515. The molecule has 2 atom stereocenters. The van der Waals surface area contributed by atoms with E-state index in [9.17, 15) is 27.9 Å². The molecular weight excluding hydrogens is 448 g/mol. The number of rotatable bonds is 7. The number of fused-ring (bicyclic) bond motifs is 1. The fourth-order valence-corrected chi connectivity index (χ4v) is 5.29. The normalized spacial score (nSPS) is 17.9. The smallest absolute Gasteiger partial charge is 0.326 e. The molecule has 11 heteroatoms. The van der Waals surface area contributed by atoms with Crippen LogP contribution in [0.1, 0.15) is 13.3 Å². The number of carboxylic acids is 1. The second-order valence-corrected chi connectivity index (χ2v) is 9.46. The van der Waals surface area contributed by atoms with Gasteiger partial charge in [-0.05, 0) is 48.4 Å². The van der Waals surface area contributed by atoms with Crippen LogP contribution in [-0.2, 0) is 29.1 Å². The van der Waals surface area contributed by atoms with Gasteiger partial charge in [-0.2, -0.15) is 4.31 Å². The van der Waals surface area contributed by atoms with E-state index >= 15 is 0 Å². The standard InChI is InChI=1S/C20H21ClN2O7S/c1-12(20(26)27)22-8-7-17(19(22)25)23(11-18(24)30-2)31(28,29)16-6-4-13-9-15(21)5-3-14(13)10-16/h3-6,9-10,12,17H,7-8,11H2,1-2H3,(H,26,27)/t12-,17-/m0/s1. The van der Waals surface area contributed by atoms with Crippen LogP contribution >= 0.6 is 11.6 Å². The van der Waals surface area contributed by atoms with Crippen LogP contribution in [0.3, 0.4) is 0 Å². The fourth-order valence-electron chi connectivity index (χ4n) is 3.52. The molecule has 1 aliphatic heterocycles. The summed E-state index contributed by atoms with van der Waals surface area (Å²) in [4.78, 5) is 37.1. The highest BCUT2D eigenvalue weighted by Gasteiger charge is 2.45. The third-order valence-electron chi connectivity index (χ3n) is 5.28. The third kappa shape index (κ3) is 4.51. The number of ether oxygens (including phenoxy) is 1. The lowest BCUT2D eigenvalue weighted by Gasteiger charge is -2.27. The molecule has 0 spiro atoms. The van der Waals surface area contributed by atoms with Crippen molar-refractivity contribution in [3.63, 3.8) is 0 Å². The zero-order valence-corrected chi connectivity index (χ0v) is 18.4. The van der Waals surface area contributed by atoms with Crippen LogP contribution in [0.5, 0.6) is 0 Å². The average molecular weight is 469 g/mol. The molecule has 1 aliphatic rings. The Kier molecular flexibility index (Phi) is 6.54. The van der Waals surface area contributed by atoms with Crippen molar-refractivity contribution in [2.75, 3.05) is 20.2 Å². The number of nitrogens with zero attached hydrogens (tertiary/aromatic N) is 2. The molecule has 1 heterocycles. The van der Waals surface area contributed by atoms with E-state index in [0.29, 0.717) is 10.4 Å². The van der Waals surface area contributed by atoms with Gasteiger partial charge in [0.15, 0.2) is 0 Å². The Hall–Kier alpha value is -2.69. The highest BCUT2D eigenvalue weighted by molar-refractivity contribution is 7.89. The van der Waals surface area contributed by atoms with Crippen LogP contribution in [0.15, 0.2) is 41.3 Å². The molecule has 0 aliphatic carbocycles. The molecular formula is C20H21ClN2O7S. The van der Waals surface area contributed by atoms with Gasteiger partial charge in [-0.1, -0.05) is 23.7 Å². The Bertz CT molecular complexity index is 1150.